The van der Waals surface area contributed by atoms with Crippen molar-refractivity contribution in [2.24, 2.45) is 5.92 Å². The molecule has 0 unspecified atom stereocenters. The zero-order valence-corrected chi connectivity index (χ0v) is 9.94. The van der Waals surface area contributed by atoms with Gasteiger partial charge >= 0.3 is 0 Å². The minimum Gasteiger partial charge on any atom is -0.376 e. The van der Waals surface area contributed by atoms with Crippen molar-refractivity contribution in [3.63, 3.8) is 0 Å². The van der Waals surface area contributed by atoms with Crippen LogP contribution in [0.1, 0.15) is 25.7 Å². The van der Waals surface area contributed by atoms with Crippen LogP contribution in [-0.2, 0) is 9.53 Å². The first-order valence-corrected chi connectivity index (χ1v) is 6.12. The number of carbonyl (C=O) groups excluding carboxylic acids is 1. The molecule has 3 N–H and O–H groups in total. The normalized spacial score (nSPS) is 23.9. The lowest BCUT2D eigenvalue weighted by Gasteiger charge is -2.14. The maximum Gasteiger partial charge on any atom is 0.241 e. The van der Waals surface area contributed by atoms with E-state index in [0.717, 1.165) is 32.3 Å². The molecule has 0 radical (unpaired) electrons. The third-order valence-corrected chi connectivity index (χ3v) is 3.01. The Hall–Kier alpha value is -0.880. The SMILES string of the molecule is O=C(NNC(=S)NC[C@@H]1CCCO1)C1CC1. The molecule has 0 aromatic rings. The molecule has 5 nitrogen and oxygen atoms in total. The number of rotatable bonds is 3. The van der Waals surface area contributed by atoms with Crippen LogP contribution in [0.3, 0.4) is 0 Å². The van der Waals surface area contributed by atoms with E-state index in [1.165, 1.54) is 0 Å². The van der Waals surface area contributed by atoms with Crippen molar-refractivity contribution < 1.29 is 9.53 Å². The molecule has 90 valence electrons. The summed E-state index contributed by atoms with van der Waals surface area (Å²) in [6.07, 6.45) is 4.42. The Morgan fingerprint density at radius 2 is 2.12 bits per heavy atom. The number of hydrazine groups is 1. The second kappa shape index (κ2) is 5.45. The molecular weight excluding hydrogens is 226 g/mol. The standard InChI is InChI=1S/C10H17N3O2S/c14-9(7-3-4-7)12-13-10(16)11-6-8-2-1-5-15-8/h7-8H,1-6H2,(H,12,14)(H2,11,13,16)/t8-/m0/s1. The Bertz CT molecular complexity index is 275. The van der Waals surface area contributed by atoms with E-state index in [4.69, 9.17) is 17.0 Å². The predicted octanol–water partition coefficient (Wildman–Crippen LogP) is 0.0707. The number of amides is 1. The summed E-state index contributed by atoms with van der Waals surface area (Å²) in [4.78, 5) is 11.3. The Balaban J connectivity index is 1.54. The molecule has 2 fully saturated rings. The van der Waals surface area contributed by atoms with Crippen molar-refractivity contribution in [3.8, 4) is 0 Å². The number of thiocarbonyl (C=S) groups is 1. The van der Waals surface area contributed by atoms with Crippen LogP contribution >= 0.6 is 12.2 Å². The van der Waals surface area contributed by atoms with Crippen LogP contribution in [-0.4, -0.2) is 30.3 Å². The second-order valence-electron chi connectivity index (χ2n) is 4.23. The van der Waals surface area contributed by atoms with Crippen LogP contribution in [0.4, 0.5) is 0 Å². The number of hydrogen-bond donors (Lipinski definition) is 3. The minimum absolute atomic E-state index is 0.0290. The largest absolute Gasteiger partial charge is 0.376 e. The second-order valence-corrected chi connectivity index (χ2v) is 4.64. The van der Waals surface area contributed by atoms with Gasteiger partial charge in [-0.05, 0) is 37.9 Å². The third-order valence-electron chi connectivity index (χ3n) is 2.76. The summed E-state index contributed by atoms with van der Waals surface area (Å²) >= 11 is 5.02. The summed E-state index contributed by atoms with van der Waals surface area (Å²) in [6.45, 7) is 1.54. The van der Waals surface area contributed by atoms with Gasteiger partial charge in [-0.3, -0.25) is 15.6 Å². The highest BCUT2D eigenvalue weighted by Crippen LogP contribution is 2.28. The lowest BCUT2D eigenvalue weighted by molar-refractivity contribution is -0.122. The summed E-state index contributed by atoms with van der Waals surface area (Å²) in [5.74, 6) is 0.217. The molecular formula is C10H17N3O2S. The molecule has 6 heteroatoms. The lowest BCUT2D eigenvalue weighted by atomic mass is 10.2. The van der Waals surface area contributed by atoms with Crippen molar-refractivity contribution in [2.75, 3.05) is 13.2 Å². The fourth-order valence-electron chi connectivity index (χ4n) is 1.62. The van der Waals surface area contributed by atoms with Crippen LogP contribution in [0, 0.1) is 5.92 Å². The monoisotopic (exact) mass is 243 g/mol. The maximum atomic E-state index is 11.3. The molecule has 1 amide bonds. The summed E-state index contributed by atoms with van der Waals surface area (Å²) in [7, 11) is 0. The first-order valence-electron chi connectivity index (χ1n) is 5.71. The predicted molar refractivity (Wildman–Crippen MR) is 63.6 cm³/mol. The van der Waals surface area contributed by atoms with Gasteiger partial charge in [-0.15, -0.1) is 0 Å². The van der Waals surface area contributed by atoms with Gasteiger partial charge in [0.1, 0.15) is 0 Å². The average Bonchev–Trinajstić information content (AvgIpc) is 3.01. The van der Waals surface area contributed by atoms with Gasteiger partial charge < -0.3 is 10.1 Å². The minimum atomic E-state index is 0.0290. The van der Waals surface area contributed by atoms with Crippen molar-refractivity contribution in [1.82, 2.24) is 16.2 Å². The highest BCUT2D eigenvalue weighted by Gasteiger charge is 2.29. The molecule has 2 aliphatic rings. The van der Waals surface area contributed by atoms with Crippen LogP contribution in [0.15, 0.2) is 0 Å². The van der Waals surface area contributed by atoms with Crippen LogP contribution in [0.5, 0.6) is 0 Å². The smallest absolute Gasteiger partial charge is 0.241 e. The number of carbonyl (C=O) groups is 1. The number of nitrogens with one attached hydrogen (secondary N) is 3. The van der Waals surface area contributed by atoms with Gasteiger partial charge in [0.2, 0.25) is 5.91 Å². The van der Waals surface area contributed by atoms with E-state index in [9.17, 15) is 4.79 Å². The number of hydrogen-bond acceptors (Lipinski definition) is 3. The summed E-state index contributed by atoms with van der Waals surface area (Å²) < 4.78 is 5.44. The average molecular weight is 243 g/mol. The van der Waals surface area contributed by atoms with E-state index in [1.807, 2.05) is 0 Å². The Labute approximate surface area is 100 Å². The van der Waals surface area contributed by atoms with Gasteiger partial charge in [0.25, 0.3) is 0 Å². The summed E-state index contributed by atoms with van der Waals surface area (Å²) in [5.41, 5.74) is 5.28. The Kier molecular flexibility index (Phi) is 3.95. The zero-order valence-electron chi connectivity index (χ0n) is 9.12. The lowest BCUT2D eigenvalue weighted by Crippen LogP contribution is -2.48. The summed E-state index contributed by atoms with van der Waals surface area (Å²) in [5, 5.41) is 3.47. The molecule has 0 aromatic heterocycles. The molecule has 0 aromatic carbocycles. The van der Waals surface area contributed by atoms with E-state index in [1.54, 1.807) is 0 Å². The van der Waals surface area contributed by atoms with E-state index < -0.39 is 0 Å². The van der Waals surface area contributed by atoms with E-state index in [-0.39, 0.29) is 17.9 Å². The molecule has 1 saturated heterocycles. The topological polar surface area (TPSA) is 62.4 Å². The Morgan fingerprint density at radius 1 is 1.31 bits per heavy atom. The third kappa shape index (κ3) is 3.61. The van der Waals surface area contributed by atoms with Crippen LogP contribution in [0.2, 0.25) is 0 Å². The van der Waals surface area contributed by atoms with Gasteiger partial charge in [-0.25, -0.2) is 0 Å². The fourth-order valence-corrected chi connectivity index (χ4v) is 1.76. The Morgan fingerprint density at radius 3 is 2.75 bits per heavy atom. The first-order chi connectivity index (χ1) is 7.75. The molecule has 1 atom stereocenters. The van der Waals surface area contributed by atoms with Crippen LogP contribution in [0.25, 0.3) is 0 Å². The molecule has 1 aliphatic heterocycles. The summed E-state index contributed by atoms with van der Waals surface area (Å²) in [6, 6.07) is 0. The van der Waals surface area contributed by atoms with E-state index >= 15 is 0 Å². The van der Waals surface area contributed by atoms with Gasteiger partial charge in [-0.1, -0.05) is 0 Å². The van der Waals surface area contributed by atoms with Crippen molar-refractivity contribution in [3.05, 3.63) is 0 Å². The van der Waals surface area contributed by atoms with Gasteiger partial charge in [0.05, 0.1) is 6.10 Å². The van der Waals surface area contributed by atoms with Gasteiger partial charge in [-0.2, -0.15) is 0 Å². The molecule has 1 aliphatic carbocycles. The molecule has 16 heavy (non-hydrogen) atoms. The first kappa shape index (κ1) is 11.6. The number of ether oxygens (including phenoxy) is 1. The van der Waals surface area contributed by atoms with Crippen LogP contribution < -0.4 is 16.2 Å². The molecule has 0 bridgehead atoms. The highest BCUT2D eigenvalue weighted by molar-refractivity contribution is 7.80. The fraction of sp³-hybridized carbons (Fsp3) is 0.800. The zero-order chi connectivity index (χ0) is 11.4. The van der Waals surface area contributed by atoms with Gasteiger partial charge in [0, 0.05) is 19.1 Å². The molecule has 1 saturated carbocycles. The maximum absolute atomic E-state index is 11.3. The molecule has 0 spiro atoms. The van der Waals surface area contributed by atoms with E-state index in [0.29, 0.717) is 11.7 Å². The molecule has 2 rings (SSSR count). The highest BCUT2D eigenvalue weighted by atomic mass is 32.1. The van der Waals surface area contributed by atoms with Crippen molar-refractivity contribution in [1.29, 1.82) is 0 Å². The quantitative estimate of drug-likeness (QED) is 0.484. The van der Waals surface area contributed by atoms with Gasteiger partial charge in [0.15, 0.2) is 5.11 Å². The molecule has 1 heterocycles. The van der Waals surface area contributed by atoms with Crippen molar-refractivity contribution >= 4 is 23.2 Å². The van der Waals surface area contributed by atoms with Crippen molar-refractivity contribution in [2.45, 2.75) is 31.8 Å². The van der Waals surface area contributed by atoms with E-state index in [2.05, 4.69) is 16.2 Å².